The fourth-order valence-corrected chi connectivity index (χ4v) is 3.08. The lowest BCUT2D eigenvalue weighted by molar-refractivity contribution is -0.141. The van der Waals surface area contributed by atoms with E-state index >= 15 is 0 Å². The molecule has 34 heavy (non-hydrogen) atoms. The molecule has 0 spiro atoms. The van der Waals surface area contributed by atoms with Gasteiger partial charge in [0, 0.05) is 12.4 Å². The van der Waals surface area contributed by atoms with Crippen LogP contribution in [0.4, 0.5) is 0 Å². The van der Waals surface area contributed by atoms with Crippen molar-refractivity contribution in [2.24, 2.45) is 5.84 Å². The number of fused-ring (bicyclic) bond motifs is 2. The molecule has 1 amide bonds. The Balaban J connectivity index is 0.000000191. The average Bonchev–Trinajstić information content (AvgIpc) is 2.83. The van der Waals surface area contributed by atoms with E-state index in [0.717, 1.165) is 11.1 Å². The summed E-state index contributed by atoms with van der Waals surface area (Å²) >= 11 is 0. The van der Waals surface area contributed by atoms with Gasteiger partial charge in [0.2, 0.25) is 0 Å². The fraction of sp³-hybridized carbons (Fsp3) is 0.238. The second-order valence-electron chi connectivity index (χ2n) is 7.15. The van der Waals surface area contributed by atoms with Crippen molar-refractivity contribution in [1.29, 1.82) is 0 Å². The number of nitrogens with zero attached hydrogens (tertiary/aromatic N) is 6. The van der Waals surface area contributed by atoms with E-state index in [-0.39, 0.29) is 24.2 Å². The van der Waals surface area contributed by atoms with Gasteiger partial charge < -0.3 is 4.74 Å². The number of rotatable bonds is 4. The van der Waals surface area contributed by atoms with Crippen molar-refractivity contribution in [3.63, 3.8) is 0 Å². The number of methoxy groups -OCH3 is 1. The Morgan fingerprint density at radius 3 is 1.79 bits per heavy atom. The molecule has 0 saturated carbocycles. The topological polar surface area (TPSA) is 177 Å². The maximum atomic E-state index is 12.1. The Bertz CT molecular complexity index is 1380. The number of aromatic nitrogens is 6. The molecular formula is C21H22N8O5. The summed E-state index contributed by atoms with van der Waals surface area (Å²) in [6, 6.07) is 3.45. The summed E-state index contributed by atoms with van der Waals surface area (Å²) in [4.78, 5) is 62.4. The standard InChI is InChI=1S/C11H11N3O3.C10H11N5O2/c1-7-3-4-12-10-9(7)11(16)14(6-13-10)5-8(15)17-2;1-6-2-3-12-9-8(6)10(17)15(5-13-9)4-7(16)14-11/h3-4,6H,5H2,1-2H3;2-3,5H,4,11H2,1H3,(H,14,16). The molecule has 0 unspecified atom stereocenters. The molecule has 0 aromatic carbocycles. The van der Waals surface area contributed by atoms with Crippen molar-refractivity contribution >= 4 is 33.9 Å². The quantitative estimate of drug-likeness (QED) is 0.170. The second-order valence-corrected chi connectivity index (χ2v) is 7.15. The molecular weight excluding hydrogens is 444 g/mol. The summed E-state index contributed by atoms with van der Waals surface area (Å²) in [7, 11) is 1.27. The number of esters is 1. The zero-order chi connectivity index (χ0) is 24.8. The Hall–Kier alpha value is -4.52. The maximum absolute atomic E-state index is 12.1. The van der Waals surface area contributed by atoms with Crippen LogP contribution in [-0.4, -0.2) is 48.1 Å². The normalized spacial score (nSPS) is 10.5. The van der Waals surface area contributed by atoms with Crippen molar-refractivity contribution < 1.29 is 14.3 Å². The first-order chi connectivity index (χ1) is 16.3. The van der Waals surface area contributed by atoms with Gasteiger partial charge >= 0.3 is 5.97 Å². The van der Waals surface area contributed by atoms with Crippen LogP contribution in [0.2, 0.25) is 0 Å². The highest BCUT2D eigenvalue weighted by Gasteiger charge is 2.11. The van der Waals surface area contributed by atoms with E-state index in [2.05, 4.69) is 24.7 Å². The number of nitrogens with one attached hydrogen (secondary N) is 1. The molecule has 4 aromatic heterocycles. The number of ether oxygens (including phenoxy) is 1. The first-order valence-electron chi connectivity index (χ1n) is 9.94. The van der Waals surface area contributed by atoms with Gasteiger partial charge in [0.05, 0.1) is 17.9 Å². The number of nitrogens with two attached hydrogens (primary N) is 1. The van der Waals surface area contributed by atoms with Gasteiger partial charge in [0.25, 0.3) is 17.0 Å². The molecule has 3 N–H and O–H groups in total. The number of aryl methyl sites for hydroxylation is 2. The molecule has 4 aromatic rings. The molecule has 0 radical (unpaired) electrons. The van der Waals surface area contributed by atoms with Crippen molar-refractivity contribution in [2.75, 3.05) is 7.11 Å². The molecule has 176 valence electrons. The third kappa shape index (κ3) is 5.10. The van der Waals surface area contributed by atoms with E-state index < -0.39 is 11.9 Å². The van der Waals surface area contributed by atoms with Crippen molar-refractivity contribution in [2.45, 2.75) is 26.9 Å². The van der Waals surface area contributed by atoms with Gasteiger partial charge in [-0.3, -0.25) is 33.7 Å². The first-order valence-corrected chi connectivity index (χ1v) is 9.94. The van der Waals surface area contributed by atoms with Gasteiger partial charge in [-0.2, -0.15) is 0 Å². The summed E-state index contributed by atoms with van der Waals surface area (Å²) in [5.41, 5.74) is 3.69. The minimum atomic E-state index is -0.491. The fourth-order valence-electron chi connectivity index (χ4n) is 3.08. The number of carbonyl (C=O) groups excluding carboxylic acids is 2. The van der Waals surface area contributed by atoms with E-state index in [0.29, 0.717) is 22.1 Å². The summed E-state index contributed by atoms with van der Waals surface area (Å²) in [6.07, 6.45) is 5.76. The number of hydrogen-bond acceptors (Lipinski definition) is 10. The smallest absolute Gasteiger partial charge is 0.325 e. The number of pyridine rings is 2. The van der Waals surface area contributed by atoms with E-state index in [9.17, 15) is 19.2 Å². The van der Waals surface area contributed by atoms with Crippen LogP contribution >= 0.6 is 0 Å². The Kier molecular flexibility index (Phi) is 7.38. The summed E-state index contributed by atoms with van der Waals surface area (Å²) in [5.74, 6) is 4.01. The van der Waals surface area contributed by atoms with Gasteiger partial charge in [-0.1, -0.05) is 0 Å². The Morgan fingerprint density at radius 2 is 1.35 bits per heavy atom. The summed E-state index contributed by atoms with van der Waals surface area (Å²) in [5, 5.41) is 0.846. The van der Waals surface area contributed by atoms with E-state index in [4.69, 9.17) is 5.84 Å². The zero-order valence-corrected chi connectivity index (χ0v) is 18.7. The number of hydrogen-bond donors (Lipinski definition) is 2. The van der Waals surface area contributed by atoms with Crippen LogP contribution < -0.4 is 22.4 Å². The molecule has 4 heterocycles. The van der Waals surface area contributed by atoms with Crippen LogP contribution in [0.3, 0.4) is 0 Å². The molecule has 0 aliphatic heterocycles. The highest BCUT2D eigenvalue weighted by Crippen LogP contribution is 2.09. The van der Waals surface area contributed by atoms with Crippen LogP contribution in [0.1, 0.15) is 11.1 Å². The Morgan fingerprint density at radius 1 is 0.882 bits per heavy atom. The van der Waals surface area contributed by atoms with Gasteiger partial charge in [0.1, 0.15) is 25.7 Å². The molecule has 13 heteroatoms. The van der Waals surface area contributed by atoms with Crippen LogP contribution in [0.15, 0.2) is 46.8 Å². The number of carbonyl (C=O) groups is 2. The lowest BCUT2D eigenvalue weighted by Crippen LogP contribution is -2.36. The zero-order valence-electron chi connectivity index (χ0n) is 18.7. The Labute approximate surface area is 192 Å². The van der Waals surface area contributed by atoms with Crippen molar-refractivity contribution in [3.8, 4) is 0 Å². The van der Waals surface area contributed by atoms with Crippen LogP contribution in [0.25, 0.3) is 22.1 Å². The van der Waals surface area contributed by atoms with Gasteiger partial charge in [-0.15, -0.1) is 0 Å². The highest BCUT2D eigenvalue weighted by molar-refractivity contribution is 5.79. The largest absolute Gasteiger partial charge is 0.468 e. The van der Waals surface area contributed by atoms with Crippen LogP contribution in [0.5, 0.6) is 0 Å². The monoisotopic (exact) mass is 466 g/mol. The van der Waals surface area contributed by atoms with E-state index in [1.54, 1.807) is 38.4 Å². The predicted molar refractivity (Wildman–Crippen MR) is 121 cm³/mol. The molecule has 0 aliphatic rings. The third-order valence-corrected chi connectivity index (χ3v) is 4.87. The molecule has 0 aliphatic carbocycles. The molecule has 0 saturated heterocycles. The average molecular weight is 466 g/mol. The SMILES string of the molecule is COC(=O)Cn1cnc2nccc(C)c2c1=O.Cc1ccnc2ncn(CC(=O)NN)c(=O)c12. The minimum absolute atomic E-state index is 0.146. The van der Waals surface area contributed by atoms with E-state index in [1.165, 1.54) is 28.9 Å². The van der Waals surface area contributed by atoms with Gasteiger partial charge in [-0.25, -0.2) is 25.8 Å². The molecule has 4 rings (SSSR count). The van der Waals surface area contributed by atoms with E-state index in [1.807, 2.05) is 5.43 Å². The molecule has 0 bridgehead atoms. The predicted octanol–water partition coefficient (Wildman–Crippen LogP) is -0.637. The number of amides is 1. The van der Waals surface area contributed by atoms with Crippen molar-refractivity contribution in [3.05, 3.63) is 69.0 Å². The van der Waals surface area contributed by atoms with Crippen LogP contribution in [0, 0.1) is 13.8 Å². The molecule has 0 fully saturated rings. The van der Waals surface area contributed by atoms with Crippen LogP contribution in [-0.2, 0) is 27.4 Å². The maximum Gasteiger partial charge on any atom is 0.325 e. The van der Waals surface area contributed by atoms with Gasteiger partial charge in [0.15, 0.2) is 11.3 Å². The second kappa shape index (κ2) is 10.4. The lowest BCUT2D eigenvalue weighted by atomic mass is 10.2. The van der Waals surface area contributed by atoms with Crippen molar-refractivity contribution in [1.82, 2.24) is 34.5 Å². The number of hydrazine groups is 1. The molecule has 13 nitrogen and oxygen atoms in total. The lowest BCUT2D eigenvalue weighted by Gasteiger charge is -2.06. The first kappa shape index (κ1) is 24.1. The summed E-state index contributed by atoms with van der Waals surface area (Å²) in [6.45, 7) is 3.29. The van der Waals surface area contributed by atoms with Gasteiger partial charge in [-0.05, 0) is 37.1 Å². The summed E-state index contributed by atoms with van der Waals surface area (Å²) < 4.78 is 6.91. The minimum Gasteiger partial charge on any atom is -0.468 e. The third-order valence-electron chi connectivity index (χ3n) is 4.87. The highest BCUT2D eigenvalue weighted by atomic mass is 16.5. The molecule has 0 atom stereocenters.